The molecule has 0 aromatic heterocycles. The SMILES string of the molecule is N#Cc1ccc(C[C@H](NC(=O)C[C@@H](O)CNC(=O)OCc2ccccc2)C(=O)O)cc1. The smallest absolute Gasteiger partial charge is 0.407 e. The Hall–Kier alpha value is -3.90. The first-order chi connectivity index (χ1) is 14.9. The number of amides is 2. The van der Waals surface area contributed by atoms with E-state index in [1.165, 1.54) is 0 Å². The van der Waals surface area contributed by atoms with E-state index < -0.39 is 36.5 Å². The van der Waals surface area contributed by atoms with Crippen molar-refractivity contribution in [3.05, 3.63) is 71.3 Å². The number of nitrogens with zero attached hydrogens (tertiary/aromatic N) is 1. The van der Waals surface area contributed by atoms with Crippen LogP contribution in [0, 0.1) is 11.3 Å². The normalized spacial score (nSPS) is 12.1. The maximum absolute atomic E-state index is 12.1. The lowest BCUT2D eigenvalue weighted by atomic mass is 10.0. The van der Waals surface area contributed by atoms with Gasteiger partial charge in [0, 0.05) is 13.0 Å². The van der Waals surface area contributed by atoms with Crippen LogP contribution in [0.2, 0.25) is 0 Å². The van der Waals surface area contributed by atoms with Crippen LogP contribution in [0.5, 0.6) is 0 Å². The van der Waals surface area contributed by atoms with Crippen molar-refractivity contribution >= 4 is 18.0 Å². The Morgan fingerprint density at radius 3 is 2.32 bits per heavy atom. The second-order valence-electron chi connectivity index (χ2n) is 6.77. The van der Waals surface area contributed by atoms with E-state index in [9.17, 15) is 24.6 Å². The minimum atomic E-state index is -1.23. The first kappa shape index (κ1) is 23.4. The molecule has 0 aliphatic carbocycles. The summed E-state index contributed by atoms with van der Waals surface area (Å²) < 4.78 is 5.00. The van der Waals surface area contributed by atoms with E-state index in [-0.39, 0.29) is 19.6 Å². The van der Waals surface area contributed by atoms with Gasteiger partial charge in [-0.15, -0.1) is 0 Å². The van der Waals surface area contributed by atoms with E-state index >= 15 is 0 Å². The maximum Gasteiger partial charge on any atom is 0.407 e. The summed E-state index contributed by atoms with van der Waals surface area (Å²) in [4.78, 5) is 35.2. The number of aliphatic hydroxyl groups is 1. The number of carbonyl (C=O) groups is 3. The molecule has 9 nitrogen and oxygen atoms in total. The van der Waals surface area contributed by atoms with Crippen LogP contribution in [-0.4, -0.2) is 46.9 Å². The Balaban J connectivity index is 1.74. The van der Waals surface area contributed by atoms with Crippen molar-refractivity contribution in [2.45, 2.75) is 31.6 Å². The first-order valence-electron chi connectivity index (χ1n) is 9.51. The lowest BCUT2D eigenvalue weighted by Gasteiger charge is -2.17. The zero-order valence-corrected chi connectivity index (χ0v) is 16.7. The van der Waals surface area contributed by atoms with Crippen LogP contribution in [0.1, 0.15) is 23.1 Å². The van der Waals surface area contributed by atoms with Crippen LogP contribution >= 0.6 is 0 Å². The minimum absolute atomic E-state index is 0.0208. The number of nitrogens with one attached hydrogen (secondary N) is 2. The minimum Gasteiger partial charge on any atom is -0.480 e. The quantitative estimate of drug-likeness (QED) is 0.449. The highest BCUT2D eigenvalue weighted by Crippen LogP contribution is 2.07. The van der Waals surface area contributed by atoms with E-state index in [4.69, 9.17) is 10.00 Å². The van der Waals surface area contributed by atoms with Crippen LogP contribution in [0.4, 0.5) is 4.79 Å². The number of aliphatic carboxylic acids is 1. The van der Waals surface area contributed by atoms with Gasteiger partial charge >= 0.3 is 12.1 Å². The highest BCUT2D eigenvalue weighted by Gasteiger charge is 2.22. The number of alkyl carbamates (subject to hydrolysis) is 1. The van der Waals surface area contributed by atoms with Gasteiger partial charge in [0.1, 0.15) is 12.6 Å². The zero-order valence-electron chi connectivity index (χ0n) is 16.7. The van der Waals surface area contributed by atoms with E-state index in [0.717, 1.165) is 5.56 Å². The molecule has 31 heavy (non-hydrogen) atoms. The van der Waals surface area contributed by atoms with Gasteiger partial charge in [-0.1, -0.05) is 42.5 Å². The van der Waals surface area contributed by atoms with Crippen molar-refractivity contribution < 1.29 is 29.3 Å². The number of benzene rings is 2. The Morgan fingerprint density at radius 2 is 1.71 bits per heavy atom. The molecule has 0 radical (unpaired) electrons. The molecular weight excluding hydrogens is 402 g/mol. The number of hydrogen-bond donors (Lipinski definition) is 4. The number of carboxylic acid groups (broad SMARTS) is 1. The van der Waals surface area contributed by atoms with Gasteiger partial charge in [-0.05, 0) is 23.3 Å². The fraction of sp³-hybridized carbons (Fsp3) is 0.273. The van der Waals surface area contributed by atoms with Gasteiger partial charge in [-0.3, -0.25) is 4.79 Å². The molecule has 0 saturated carbocycles. The molecule has 4 N–H and O–H groups in total. The average Bonchev–Trinajstić information content (AvgIpc) is 2.77. The second kappa shape index (κ2) is 11.9. The molecule has 2 aromatic carbocycles. The largest absolute Gasteiger partial charge is 0.480 e. The van der Waals surface area contributed by atoms with E-state index in [2.05, 4.69) is 10.6 Å². The summed E-state index contributed by atoms with van der Waals surface area (Å²) in [6.45, 7) is -0.159. The third kappa shape index (κ3) is 8.55. The predicted octanol–water partition coefficient (Wildman–Crippen LogP) is 1.35. The number of rotatable bonds is 10. The third-order valence-electron chi connectivity index (χ3n) is 4.27. The molecule has 0 fully saturated rings. The van der Waals surface area contributed by atoms with Gasteiger partial charge in [0.25, 0.3) is 0 Å². The molecule has 0 unspecified atom stereocenters. The number of hydrogen-bond acceptors (Lipinski definition) is 6. The highest BCUT2D eigenvalue weighted by molar-refractivity contribution is 5.84. The molecular formula is C22H23N3O6. The van der Waals surface area contributed by atoms with Crippen molar-refractivity contribution in [2.24, 2.45) is 0 Å². The molecule has 0 saturated heterocycles. The van der Waals surface area contributed by atoms with E-state index in [1.807, 2.05) is 24.3 Å². The molecule has 0 aliphatic rings. The van der Waals surface area contributed by atoms with Crippen LogP contribution in [0.25, 0.3) is 0 Å². The predicted molar refractivity (Wildman–Crippen MR) is 110 cm³/mol. The van der Waals surface area contributed by atoms with Gasteiger partial charge < -0.3 is 25.6 Å². The van der Waals surface area contributed by atoms with Crippen molar-refractivity contribution in [3.63, 3.8) is 0 Å². The lowest BCUT2D eigenvalue weighted by Crippen LogP contribution is -2.44. The Kier molecular flexibility index (Phi) is 9.01. The number of carbonyl (C=O) groups excluding carboxylic acids is 2. The Labute approximate surface area is 179 Å². The van der Waals surface area contributed by atoms with E-state index in [0.29, 0.717) is 11.1 Å². The van der Waals surface area contributed by atoms with Gasteiger partial charge in [-0.2, -0.15) is 5.26 Å². The summed E-state index contributed by atoms with van der Waals surface area (Å²) in [5.41, 5.74) is 1.88. The maximum atomic E-state index is 12.1. The number of nitriles is 1. The van der Waals surface area contributed by atoms with Gasteiger partial charge in [0.2, 0.25) is 5.91 Å². The summed E-state index contributed by atoms with van der Waals surface area (Å²) in [5.74, 6) is -1.90. The molecule has 2 rings (SSSR count). The van der Waals surface area contributed by atoms with Crippen molar-refractivity contribution in [2.75, 3.05) is 6.54 Å². The summed E-state index contributed by atoms with van der Waals surface area (Å²) in [7, 11) is 0. The Bertz CT molecular complexity index is 925. The zero-order chi connectivity index (χ0) is 22.6. The molecule has 2 amide bonds. The monoisotopic (exact) mass is 425 g/mol. The molecule has 9 heteroatoms. The second-order valence-corrected chi connectivity index (χ2v) is 6.77. The van der Waals surface area contributed by atoms with Gasteiger partial charge in [-0.25, -0.2) is 9.59 Å². The van der Waals surface area contributed by atoms with Gasteiger partial charge in [0.05, 0.1) is 24.2 Å². The van der Waals surface area contributed by atoms with Crippen LogP contribution in [-0.2, 0) is 27.4 Å². The summed E-state index contributed by atoms with van der Waals surface area (Å²) >= 11 is 0. The summed E-state index contributed by atoms with van der Waals surface area (Å²) in [6, 6.07) is 16.2. The standard InChI is InChI=1S/C22H23N3O6/c23-12-16-8-6-15(7-9-16)10-19(21(28)29)25-20(27)11-18(26)13-24-22(30)31-14-17-4-2-1-3-5-17/h1-9,18-19,26H,10-11,13-14H2,(H,24,30)(H,25,27)(H,28,29)/t18-,19+/m1/s1. The number of aliphatic hydroxyl groups excluding tert-OH is 1. The molecule has 2 aromatic rings. The van der Waals surface area contributed by atoms with Crippen LogP contribution in [0.3, 0.4) is 0 Å². The van der Waals surface area contributed by atoms with Crippen molar-refractivity contribution in [3.8, 4) is 6.07 Å². The molecule has 0 bridgehead atoms. The summed E-state index contributed by atoms with van der Waals surface area (Å²) in [6.07, 6.45) is -2.33. The fourth-order valence-electron chi connectivity index (χ4n) is 2.67. The topological polar surface area (TPSA) is 149 Å². The number of carboxylic acids is 1. The van der Waals surface area contributed by atoms with Crippen molar-refractivity contribution in [1.29, 1.82) is 5.26 Å². The third-order valence-corrected chi connectivity index (χ3v) is 4.27. The van der Waals surface area contributed by atoms with Gasteiger partial charge in [0.15, 0.2) is 0 Å². The molecule has 0 heterocycles. The van der Waals surface area contributed by atoms with Crippen molar-refractivity contribution in [1.82, 2.24) is 10.6 Å². The van der Waals surface area contributed by atoms with Crippen LogP contribution < -0.4 is 10.6 Å². The van der Waals surface area contributed by atoms with E-state index in [1.54, 1.807) is 36.4 Å². The molecule has 0 aliphatic heterocycles. The Morgan fingerprint density at radius 1 is 1.03 bits per heavy atom. The first-order valence-corrected chi connectivity index (χ1v) is 9.51. The number of ether oxygens (including phenoxy) is 1. The fourth-order valence-corrected chi connectivity index (χ4v) is 2.67. The molecule has 0 spiro atoms. The lowest BCUT2D eigenvalue weighted by molar-refractivity contribution is -0.142. The molecule has 2 atom stereocenters. The molecule has 162 valence electrons. The highest BCUT2D eigenvalue weighted by atomic mass is 16.5. The summed E-state index contributed by atoms with van der Waals surface area (Å²) in [5, 5.41) is 32.8. The average molecular weight is 425 g/mol. The van der Waals surface area contributed by atoms with Crippen LogP contribution in [0.15, 0.2) is 54.6 Å².